The third-order valence-electron chi connectivity index (χ3n) is 3.33. The van der Waals surface area contributed by atoms with Crippen molar-refractivity contribution < 1.29 is 4.79 Å². The number of carbonyl (C=O) groups excluding carboxylic acids is 1. The molecule has 0 bridgehead atoms. The van der Waals surface area contributed by atoms with Crippen LogP contribution in [0.15, 0.2) is 11.5 Å². The molecule has 114 valence electrons. The number of nitrogens with zero attached hydrogens (tertiary/aromatic N) is 5. The largest absolute Gasteiger partial charge is 0.322 e. The molecule has 0 aromatic carbocycles. The number of hydrogen-bond acceptors (Lipinski definition) is 5. The average Bonchev–Trinajstić information content (AvgIpc) is 2.98. The number of aryl methyl sites for hydroxylation is 3. The third kappa shape index (κ3) is 3.26. The maximum absolute atomic E-state index is 12.3. The zero-order chi connectivity index (χ0) is 15.6. The van der Waals surface area contributed by atoms with Gasteiger partial charge in [-0.3, -0.25) is 9.48 Å². The molecule has 1 atom stereocenters. The van der Waals surface area contributed by atoms with E-state index in [0.717, 1.165) is 28.8 Å². The van der Waals surface area contributed by atoms with Crippen molar-refractivity contribution >= 4 is 23.4 Å². The number of hydrogen-bond donors (Lipinski definition) is 1. The van der Waals surface area contributed by atoms with Crippen molar-refractivity contribution in [2.45, 2.75) is 44.6 Å². The smallest absolute Gasteiger partial charge is 0.237 e. The van der Waals surface area contributed by atoms with Crippen molar-refractivity contribution in [2.24, 2.45) is 7.05 Å². The zero-order valence-corrected chi connectivity index (χ0v) is 13.7. The standard InChI is InChI=1S/C13H20N6OS/c1-6-19-7-14-16-13(19)21-10(4)12(20)15-11-8(2)17-18(5)9(11)3/h7,10H,6H2,1-5H3,(H,15,20). The molecule has 2 aromatic heterocycles. The molecule has 0 aliphatic carbocycles. The van der Waals surface area contributed by atoms with Crippen LogP contribution in [0.4, 0.5) is 5.69 Å². The summed E-state index contributed by atoms with van der Waals surface area (Å²) < 4.78 is 3.67. The van der Waals surface area contributed by atoms with Crippen LogP contribution in [0, 0.1) is 13.8 Å². The quantitative estimate of drug-likeness (QED) is 0.852. The van der Waals surface area contributed by atoms with E-state index in [2.05, 4.69) is 20.6 Å². The fourth-order valence-corrected chi connectivity index (χ4v) is 2.83. The Kier molecular flexibility index (Phi) is 4.66. The van der Waals surface area contributed by atoms with Gasteiger partial charge in [-0.2, -0.15) is 5.10 Å². The lowest BCUT2D eigenvalue weighted by molar-refractivity contribution is -0.115. The van der Waals surface area contributed by atoms with E-state index >= 15 is 0 Å². The van der Waals surface area contributed by atoms with Crippen LogP contribution in [0.3, 0.4) is 0 Å². The van der Waals surface area contributed by atoms with Crippen molar-refractivity contribution in [1.82, 2.24) is 24.5 Å². The minimum absolute atomic E-state index is 0.0650. The molecule has 0 saturated carbocycles. The van der Waals surface area contributed by atoms with E-state index in [-0.39, 0.29) is 11.2 Å². The molecule has 2 rings (SSSR count). The predicted molar refractivity (Wildman–Crippen MR) is 82.3 cm³/mol. The van der Waals surface area contributed by atoms with Gasteiger partial charge in [0.15, 0.2) is 5.16 Å². The number of rotatable bonds is 5. The number of carbonyl (C=O) groups is 1. The Hall–Kier alpha value is -1.83. The van der Waals surface area contributed by atoms with Gasteiger partial charge >= 0.3 is 0 Å². The van der Waals surface area contributed by atoms with Gasteiger partial charge in [0, 0.05) is 13.6 Å². The van der Waals surface area contributed by atoms with E-state index in [4.69, 9.17) is 0 Å². The third-order valence-corrected chi connectivity index (χ3v) is 4.42. The van der Waals surface area contributed by atoms with Gasteiger partial charge in [-0.05, 0) is 27.7 Å². The van der Waals surface area contributed by atoms with Crippen LogP contribution < -0.4 is 5.32 Å². The molecular formula is C13H20N6OS. The molecule has 2 aromatic rings. The molecule has 7 nitrogen and oxygen atoms in total. The Labute approximate surface area is 128 Å². The number of nitrogens with one attached hydrogen (secondary N) is 1. The van der Waals surface area contributed by atoms with Gasteiger partial charge in [0.05, 0.1) is 22.3 Å². The summed E-state index contributed by atoms with van der Waals surface area (Å²) in [5.74, 6) is -0.0650. The van der Waals surface area contributed by atoms with Gasteiger partial charge in [-0.1, -0.05) is 11.8 Å². The second kappa shape index (κ2) is 6.30. The molecule has 1 N–H and O–H groups in total. The monoisotopic (exact) mass is 308 g/mol. The van der Waals surface area contributed by atoms with Crippen LogP contribution >= 0.6 is 11.8 Å². The van der Waals surface area contributed by atoms with Crippen LogP contribution in [0.2, 0.25) is 0 Å². The minimum Gasteiger partial charge on any atom is -0.322 e. The lowest BCUT2D eigenvalue weighted by Gasteiger charge is -2.12. The van der Waals surface area contributed by atoms with Crippen LogP contribution in [0.1, 0.15) is 25.2 Å². The predicted octanol–water partition coefficient (Wildman–Crippen LogP) is 1.77. The highest BCUT2D eigenvalue weighted by Crippen LogP contribution is 2.24. The Balaban J connectivity index is 2.06. The van der Waals surface area contributed by atoms with E-state index in [9.17, 15) is 4.79 Å². The summed E-state index contributed by atoms with van der Waals surface area (Å²) in [5, 5.41) is 15.6. The summed E-state index contributed by atoms with van der Waals surface area (Å²) in [4.78, 5) is 12.3. The van der Waals surface area contributed by atoms with E-state index in [1.165, 1.54) is 11.8 Å². The summed E-state index contributed by atoms with van der Waals surface area (Å²) >= 11 is 1.40. The van der Waals surface area contributed by atoms with Crippen molar-refractivity contribution in [1.29, 1.82) is 0 Å². The van der Waals surface area contributed by atoms with Gasteiger partial charge in [-0.15, -0.1) is 10.2 Å². The van der Waals surface area contributed by atoms with Crippen molar-refractivity contribution in [3.8, 4) is 0 Å². The van der Waals surface area contributed by atoms with Crippen molar-refractivity contribution in [3.63, 3.8) is 0 Å². The summed E-state index contributed by atoms with van der Waals surface area (Å²) in [6, 6.07) is 0. The first kappa shape index (κ1) is 15.6. The van der Waals surface area contributed by atoms with Gasteiger partial charge in [0.25, 0.3) is 0 Å². The lowest BCUT2D eigenvalue weighted by Crippen LogP contribution is -2.23. The minimum atomic E-state index is -0.265. The second-order valence-corrected chi connectivity index (χ2v) is 6.13. The van der Waals surface area contributed by atoms with Crippen LogP contribution in [0.5, 0.6) is 0 Å². The van der Waals surface area contributed by atoms with Crippen molar-refractivity contribution in [2.75, 3.05) is 5.32 Å². The molecule has 0 radical (unpaired) electrons. The number of amides is 1. The van der Waals surface area contributed by atoms with Crippen LogP contribution in [-0.2, 0) is 18.4 Å². The highest BCUT2D eigenvalue weighted by atomic mass is 32.2. The summed E-state index contributed by atoms with van der Waals surface area (Å²) in [7, 11) is 1.86. The van der Waals surface area contributed by atoms with E-state index in [1.54, 1.807) is 11.0 Å². The molecule has 21 heavy (non-hydrogen) atoms. The Morgan fingerprint density at radius 2 is 2.19 bits per heavy atom. The van der Waals surface area contributed by atoms with Gasteiger partial charge in [0.2, 0.25) is 5.91 Å². The summed E-state index contributed by atoms with van der Waals surface area (Å²) in [6.45, 7) is 8.47. The maximum atomic E-state index is 12.3. The molecule has 8 heteroatoms. The summed E-state index contributed by atoms with van der Waals surface area (Å²) in [5.41, 5.74) is 2.54. The maximum Gasteiger partial charge on any atom is 0.237 e. The number of aromatic nitrogens is 5. The zero-order valence-electron chi connectivity index (χ0n) is 12.9. The van der Waals surface area contributed by atoms with Crippen LogP contribution in [0.25, 0.3) is 0 Å². The summed E-state index contributed by atoms with van der Waals surface area (Å²) in [6.07, 6.45) is 1.67. The Bertz CT molecular complexity index is 647. The van der Waals surface area contributed by atoms with Gasteiger partial charge in [0.1, 0.15) is 6.33 Å². The van der Waals surface area contributed by atoms with Gasteiger partial charge < -0.3 is 9.88 Å². The van der Waals surface area contributed by atoms with E-state index in [1.807, 2.05) is 39.3 Å². The lowest BCUT2D eigenvalue weighted by atomic mass is 10.3. The Morgan fingerprint density at radius 3 is 2.76 bits per heavy atom. The molecule has 0 spiro atoms. The molecule has 0 saturated heterocycles. The highest BCUT2D eigenvalue weighted by Gasteiger charge is 2.20. The SMILES string of the molecule is CCn1cnnc1SC(C)C(=O)Nc1c(C)nn(C)c1C. The van der Waals surface area contributed by atoms with E-state index < -0.39 is 0 Å². The Morgan fingerprint density at radius 1 is 1.48 bits per heavy atom. The molecule has 1 amide bonds. The highest BCUT2D eigenvalue weighted by molar-refractivity contribution is 8.00. The second-order valence-electron chi connectivity index (χ2n) is 4.82. The van der Waals surface area contributed by atoms with Crippen LogP contribution in [-0.4, -0.2) is 35.7 Å². The van der Waals surface area contributed by atoms with Crippen molar-refractivity contribution in [3.05, 3.63) is 17.7 Å². The normalized spacial score (nSPS) is 12.4. The number of thioether (sulfide) groups is 1. The topological polar surface area (TPSA) is 77.6 Å². The molecule has 0 aliphatic heterocycles. The first-order chi connectivity index (χ1) is 9.93. The average molecular weight is 308 g/mol. The van der Waals surface area contributed by atoms with Gasteiger partial charge in [-0.25, -0.2) is 0 Å². The first-order valence-corrected chi connectivity index (χ1v) is 7.67. The fraction of sp³-hybridized carbons (Fsp3) is 0.538. The molecular weight excluding hydrogens is 288 g/mol. The molecule has 2 heterocycles. The molecule has 0 aliphatic rings. The molecule has 0 fully saturated rings. The van der Waals surface area contributed by atoms with E-state index in [0.29, 0.717) is 0 Å². The molecule has 1 unspecified atom stereocenters. The first-order valence-electron chi connectivity index (χ1n) is 6.79. The fourth-order valence-electron chi connectivity index (χ4n) is 1.94. The number of anilines is 1.